The van der Waals surface area contributed by atoms with Crippen LogP contribution in [0.1, 0.15) is 31.7 Å². The van der Waals surface area contributed by atoms with Crippen molar-refractivity contribution in [3.63, 3.8) is 0 Å². The second kappa shape index (κ2) is 7.72. The summed E-state index contributed by atoms with van der Waals surface area (Å²) in [5.74, 6) is -0.215. The largest absolute Gasteiger partial charge is 0.392 e. The molecule has 0 radical (unpaired) electrons. The van der Waals surface area contributed by atoms with Crippen LogP contribution in [-0.4, -0.2) is 41.9 Å². The van der Waals surface area contributed by atoms with E-state index >= 15 is 0 Å². The van der Waals surface area contributed by atoms with Crippen LogP contribution in [0, 0.1) is 5.82 Å². The van der Waals surface area contributed by atoms with E-state index in [0.717, 1.165) is 44.5 Å². The van der Waals surface area contributed by atoms with Gasteiger partial charge in [0.25, 0.3) is 0 Å². The van der Waals surface area contributed by atoms with Crippen molar-refractivity contribution in [2.24, 2.45) is 0 Å². The molecule has 1 fully saturated rings. The highest BCUT2D eigenvalue weighted by atomic mass is 19.1. The third kappa shape index (κ3) is 4.85. The van der Waals surface area contributed by atoms with E-state index < -0.39 is 0 Å². The maximum absolute atomic E-state index is 12.9. The molecule has 0 aromatic heterocycles. The summed E-state index contributed by atoms with van der Waals surface area (Å²) in [6.07, 6.45) is 2.88. The second-order valence-corrected chi connectivity index (χ2v) is 5.52. The molecule has 0 spiro atoms. The van der Waals surface area contributed by atoms with Crippen molar-refractivity contribution in [1.82, 2.24) is 4.90 Å². The summed E-state index contributed by atoms with van der Waals surface area (Å²) in [5.41, 5.74) is 1.06. The van der Waals surface area contributed by atoms with Crippen molar-refractivity contribution in [2.45, 2.75) is 44.9 Å². The van der Waals surface area contributed by atoms with Gasteiger partial charge in [0.1, 0.15) is 5.82 Å². The lowest BCUT2D eigenvalue weighted by atomic mass is 10.1. The molecule has 0 saturated carbocycles. The van der Waals surface area contributed by atoms with E-state index in [2.05, 4.69) is 4.90 Å². The number of rotatable bonds is 7. The van der Waals surface area contributed by atoms with Crippen LogP contribution < -0.4 is 0 Å². The van der Waals surface area contributed by atoms with Crippen molar-refractivity contribution < 1.29 is 14.2 Å². The smallest absolute Gasteiger partial charge is 0.123 e. The number of aliphatic hydroxyl groups is 1. The summed E-state index contributed by atoms with van der Waals surface area (Å²) in [7, 11) is 0. The Morgan fingerprint density at radius 1 is 1.40 bits per heavy atom. The molecule has 0 unspecified atom stereocenters. The molecule has 1 aromatic rings. The van der Waals surface area contributed by atoms with E-state index in [1.54, 1.807) is 12.1 Å². The molecule has 0 aliphatic carbocycles. The van der Waals surface area contributed by atoms with Crippen molar-refractivity contribution in [3.05, 3.63) is 35.6 Å². The Bertz CT molecular complexity index is 390. The monoisotopic (exact) mass is 281 g/mol. The second-order valence-electron chi connectivity index (χ2n) is 5.52. The first-order chi connectivity index (χ1) is 9.67. The molecule has 1 N–H and O–H groups in total. The van der Waals surface area contributed by atoms with E-state index in [1.807, 2.05) is 6.92 Å². The first-order valence-electron chi connectivity index (χ1n) is 7.44. The molecule has 1 saturated heterocycles. The van der Waals surface area contributed by atoms with Gasteiger partial charge in [-0.15, -0.1) is 0 Å². The van der Waals surface area contributed by atoms with Crippen LogP contribution in [-0.2, 0) is 11.3 Å². The third-order valence-electron chi connectivity index (χ3n) is 3.75. The average Bonchev–Trinajstić information content (AvgIpc) is 2.94. The molecule has 112 valence electrons. The number of halogens is 1. The highest BCUT2D eigenvalue weighted by Gasteiger charge is 2.20. The number of hydrogen-bond donors (Lipinski definition) is 1. The molecular weight excluding hydrogens is 257 g/mol. The van der Waals surface area contributed by atoms with Crippen molar-refractivity contribution >= 4 is 0 Å². The quantitative estimate of drug-likeness (QED) is 0.834. The summed E-state index contributed by atoms with van der Waals surface area (Å²) >= 11 is 0. The Hall–Kier alpha value is -0.970. The highest BCUT2D eigenvalue weighted by molar-refractivity contribution is 5.15. The Morgan fingerprint density at radius 3 is 2.75 bits per heavy atom. The van der Waals surface area contributed by atoms with E-state index in [0.29, 0.717) is 6.54 Å². The summed E-state index contributed by atoms with van der Waals surface area (Å²) in [4.78, 5) is 2.21. The predicted molar refractivity (Wildman–Crippen MR) is 76.9 cm³/mol. The highest BCUT2D eigenvalue weighted by Crippen LogP contribution is 2.16. The first kappa shape index (κ1) is 15.4. The SMILES string of the molecule is CC[C@H](O)CN(Cc1ccc(F)cc1)C[C@@H]1CCCO1. The summed E-state index contributed by atoms with van der Waals surface area (Å²) < 4.78 is 18.6. The number of benzene rings is 1. The van der Waals surface area contributed by atoms with Gasteiger partial charge >= 0.3 is 0 Å². The molecule has 4 heteroatoms. The molecule has 20 heavy (non-hydrogen) atoms. The molecule has 3 nitrogen and oxygen atoms in total. The molecule has 1 aliphatic rings. The van der Waals surface area contributed by atoms with Gasteiger partial charge in [0.2, 0.25) is 0 Å². The topological polar surface area (TPSA) is 32.7 Å². The predicted octanol–water partition coefficient (Wildman–Crippen LogP) is 2.58. The Labute approximate surface area is 120 Å². The maximum atomic E-state index is 12.9. The van der Waals surface area contributed by atoms with Gasteiger partial charge < -0.3 is 9.84 Å². The molecule has 2 rings (SSSR count). The lowest BCUT2D eigenvalue weighted by Crippen LogP contribution is -2.37. The fourth-order valence-corrected chi connectivity index (χ4v) is 2.56. The minimum atomic E-state index is -0.322. The zero-order chi connectivity index (χ0) is 14.4. The van der Waals surface area contributed by atoms with E-state index in [-0.39, 0.29) is 18.0 Å². The average molecular weight is 281 g/mol. The summed E-state index contributed by atoms with van der Waals surface area (Å²) in [5, 5.41) is 9.88. The van der Waals surface area contributed by atoms with Crippen LogP contribution in [0.4, 0.5) is 4.39 Å². The lowest BCUT2D eigenvalue weighted by molar-refractivity contribution is 0.0455. The van der Waals surface area contributed by atoms with Crippen LogP contribution in [0.25, 0.3) is 0 Å². The van der Waals surface area contributed by atoms with Crippen LogP contribution in [0.2, 0.25) is 0 Å². The van der Waals surface area contributed by atoms with Gasteiger partial charge in [0, 0.05) is 26.2 Å². The van der Waals surface area contributed by atoms with Crippen LogP contribution >= 0.6 is 0 Å². The maximum Gasteiger partial charge on any atom is 0.123 e. The lowest BCUT2D eigenvalue weighted by Gasteiger charge is -2.27. The fourth-order valence-electron chi connectivity index (χ4n) is 2.56. The van der Waals surface area contributed by atoms with Crippen LogP contribution in [0.5, 0.6) is 0 Å². The molecule has 1 heterocycles. The number of hydrogen-bond acceptors (Lipinski definition) is 3. The van der Waals surface area contributed by atoms with Gasteiger partial charge in [-0.1, -0.05) is 19.1 Å². The van der Waals surface area contributed by atoms with Gasteiger partial charge in [-0.05, 0) is 37.0 Å². The number of nitrogens with zero attached hydrogens (tertiary/aromatic N) is 1. The van der Waals surface area contributed by atoms with Gasteiger partial charge in [0.05, 0.1) is 12.2 Å². The minimum Gasteiger partial charge on any atom is -0.392 e. The number of ether oxygens (including phenoxy) is 1. The molecule has 1 aliphatic heterocycles. The summed E-state index contributed by atoms with van der Waals surface area (Å²) in [6.45, 7) is 5.00. The van der Waals surface area contributed by atoms with Crippen molar-refractivity contribution in [2.75, 3.05) is 19.7 Å². The molecule has 0 bridgehead atoms. The first-order valence-corrected chi connectivity index (χ1v) is 7.44. The molecular formula is C16H24FNO2. The minimum absolute atomic E-state index is 0.215. The summed E-state index contributed by atoms with van der Waals surface area (Å²) in [6, 6.07) is 6.57. The van der Waals surface area contributed by atoms with E-state index in [4.69, 9.17) is 4.74 Å². The van der Waals surface area contributed by atoms with Crippen molar-refractivity contribution in [1.29, 1.82) is 0 Å². The Balaban J connectivity index is 1.95. The van der Waals surface area contributed by atoms with E-state index in [1.165, 1.54) is 12.1 Å². The Morgan fingerprint density at radius 2 is 2.15 bits per heavy atom. The zero-order valence-corrected chi connectivity index (χ0v) is 12.1. The normalized spacial score (nSPS) is 20.5. The van der Waals surface area contributed by atoms with Gasteiger partial charge in [-0.25, -0.2) is 4.39 Å². The van der Waals surface area contributed by atoms with Crippen LogP contribution in [0.3, 0.4) is 0 Å². The van der Waals surface area contributed by atoms with Gasteiger partial charge in [0.15, 0.2) is 0 Å². The van der Waals surface area contributed by atoms with Crippen LogP contribution in [0.15, 0.2) is 24.3 Å². The van der Waals surface area contributed by atoms with Crippen molar-refractivity contribution in [3.8, 4) is 0 Å². The van der Waals surface area contributed by atoms with Gasteiger partial charge in [-0.3, -0.25) is 4.90 Å². The number of aliphatic hydroxyl groups excluding tert-OH is 1. The molecule has 1 aromatic carbocycles. The molecule has 0 amide bonds. The molecule has 2 atom stereocenters. The fraction of sp³-hybridized carbons (Fsp3) is 0.625. The standard InChI is InChI=1S/C16H24FNO2/c1-2-15(19)11-18(12-16-4-3-9-20-16)10-13-5-7-14(17)8-6-13/h5-8,15-16,19H,2-4,9-12H2,1H3/t15-,16-/m0/s1. The zero-order valence-electron chi connectivity index (χ0n) is 12.1. The third-order valence-corrected chi connectivity index (χ3v) is 3.75. The Kier molecular flexibility index (Phi) is 5.95. The van der Waals surface area contributed by atoms with E-state index in [9.17, 15) is 9.50 Å². The van der Waals surface area contributed by atoms with Gasteiger partial charge in [-0.2, -0.15) is 0 Å².